The number of nitrogens with zero attached hydrogens (tertiary/aromatic N) is 5. The Labute approximate surface area is 160 Å². The summed E-state index contributed by atoms with van der Waals surface area (Å²) in [5.74, 6) is -0.197. The molecular formula is C19H20N6OS. The van der Waals surface area contributed by atoms with Gasteiger partial charge in [0.15, 0.2) is 5.65 Å². The number of amides is 1. The highest BCUT2D eigenvalue weighted by molar-refractivity contribution is 7.13. The molecule has 1 N–H and O–H groups in total. The zero-order valence-corrected chi connectivity index (χ0v) is 16.2. The molecule has 0 saturated heterocycles. The van der Waals surface area contributed by atoms with E-state index in [9.17, 15) is 4.79 Å². The standard InChI is InChI=1S/C19H20N6OS/c1-4-24-11-15(13(3)23-24)12(2)22-19(26)14-10-21-25-16(7-8-20-18(14)25)17-6-5-9-27-17/h5-12H,4H2,1-3H3,(H,22,26). The van der Waals surface area contributed by atoms with E-state index in [4.69, 9.17) is 0 Å². The van der Waals surface area contributed by atoms with Crippen molar-refractivity contribution in [1.29, 1.82) is 0 Å². The molecular weight excluding hydrogens is 360 g/mol. The summed E-state index contributed by atoms with van der Waals surface area (Å²) >= 11 is 1.62. The van der Waals surface area contributed by atoms with E-state index in [1.54, 1.807) is 28.2 Å². The van der Waals surface area contributed by atoms with Gasteiger partial charge in [0, 0.05) is 24.5 Å². The molecule has 0 aliphatic carbocycles. The molecule has 4 aromatic heterocycles. The topological polar surface area (TPSA) is 77.1 Å². The lowest BCUT2D eigenvalue weighted by atomic mass is 10.1. The molecule has 0 bridgehead atoms. The van der Waals surface area contributed by atoms with Crippen molar-refractivity contribution < 1.29 is 4.79 Å². The molecule has 0 spiro atoms. The van der Waals surface area contributed by atoms with Gasteiger partial charge in [-0.25, -0.2) is 9.50 Å². The van der Waals surface area contributed by atoms with E-state index in [0.717, 1.165) is 28.4 Å². The molecule has 0 radical (unpaired) electrons. The summed E-state index contributed by atoms with van der Waals surface area (Å²) in [6, 6.07) is 5.76. The van der Waals surface area contributed by atoms with Crippen molar-refractivity contribution in [3.63, 3.8) is 0 Å². The van der Waals surface area contributed by atoms with Crippen LogP contribution < -0.4 is 5.32 Å². The average molecular weight is 380 g/mol. The van der Waals surface area contributed by atoms with E-state index >= 15 is 0 Å². The maximum absolute atomic E-state index is 12.9. The molecule has 0 aliphatic heterocycles. The molecule has 0 saturated carbocycles. The average Bonchev–Trinajstić information content (AvgIpc) is 3.40. The van der Waals surface area contributed by atoms with Crippen LogP contribution in [-0.4, -0.2) is 30.3 Å². The first kappa shape index (κ1) is 17.4. The van der Waals surface area contributed by atoms with Crippen LogP contribution in [0.25, 0.3) is 16.2 Å². The van der Waals surface area contributed by atoms with Gasteiger partial charge in [-0.2, -0.15) is 10.2 Å². The van der Waals surface area contributed by atoms with Crippen molar-refractivity contribution in [2.24, 2.45) is 0 Å². The molecule has 0 aromatic carbocycles. The Balaban J connectivity index is 1.63. The van der Waals surface area contributed by atoms with Gasteiger partial charge in [0.2, 0.25) is 0 Å². The van der Waals surface area contributed by atoms with Crippen LogP contribution in [0, 0.1) is 6.92 Å². The molecule has 4 rings (SSSR count). The fraction of sp³-hybridized carbons (Fsp3) is 0.263. The molecule has 4 aromatic rings. The minimum absolute atomic E-state index is 0.159. The third-order valence-corrected chi connectivity index (χ3v) is 5.43. The lowest BCUT2D eigenvalue weighted by molar-refractivity contribution is 0.0941. The van der Waals surface area contributed by atoms with Gasteiger partial charge in [0.05, 0.1) is 28.5 Å². The van der Waals surface area contributed by atoms with Crippen molar-refractivity contribution in [3.8, 4) is 10.6 Å². The van der Waals surface area contributed by atoms with Gasteiger partial charge < -0.3 is 5.32 Å². The first-order valence-electron chi connectivity index (χ1n) is 8.80. The number of thiophene rings is 1. The zero-order chi connectivity index (χ0) is 19.0. The first-order chi connectivity index (χ1) is 13.1. The molecule has 1 amide bonds. The lowest BCUT2D eigenvalue weighted by Crippen LogP contribution is -2.26. The van der Waals surface area contributed by atoms with Crippen LogP contribution in [0.3, 0.4) is 0 Å². The lowest BCUT2D eigenvalue weighted by Gasteiger charge is -2.12. The zero-order valence-electron chi connectivity index (χ0n) is 15.4. The SMILES string of the molecule is CCn1cc(C(C)NC(=O)c2cnn3c(-c4cccs4)ccnc23)c(C)n1. The maximum atomic E-state index is 12.9. The predicted octanol–water partition coefficient (Wildman–Crippen LogP) is 3.47. The van der Waals surface area contributed by atoms with Crippen molar-refractivity contribution >= 4 is 22.9 Å². The summed E-state index contributed by atoms with van der Waals surface area (Å²) in [6.45, 7) is 6.74. The van der Waals surface area contributed by atoms with Gasteiger partial charge in [0.1, 0.15) is 5.56 Å². The van der Waals surface area contributed by atoms with E-state index in [2.05, 4.69) is 20.5 Å². The number of hydrogen-bond acceptors (Lipinski definition) is 5. The van der Waals surface area contributed by atoms with E-state index in [0.29, 0.717) is 11.2 Å². The van der Waals surface area contributed by atoms with Crippen molar-refractivity contribution in [1.82, 2.24) is 29.7 Å². The highest BCUT2D eigenvalue weighted by Crippen LogP contribution is 2.25. The monoisotopic (exact) mass is 380 g/mol. The summed E-state index contributed by atoms with van der Waals surface area (Å²) in [4.78, 5) is 18.3. The normalized spacial score (nSPS) is 12.4. The highest BCUT2D eigenvalue weighted by Gasteiger charge is 2.20. The van der Waals surface area contributed by atoms with Crippen LogP contribution in [0.4, 0.5) is 0 Å². The Morgan fingerprint density at radius 2 is 2.22 bits per heavy atom. The molecule has 7 nitrogen and oxygen atoms in total. The third kappa shape index (κ3) is 3.12. The van der Waals surface area contributed by atoms with Gasteiger partial charge in [-0.3, -0.25) is 9.48 Å². The molecule has 138 valence electrons. The van der Waals surface area contributed by atoms with Crippen LogP contribution in [0.5, 0.6) is 0 Å². The quantitative estimate of drug-likeness (QED) is 0.575. The van der Waals surface area contributed by atoms with Crippen LogP contribution in [0.15, 0.2) is 42.2 Å². The summed E-state index contributed by atoms with van der Waals surface area (Å²) < 4.78 is 3.59. The smallest absolute Gasteiger partial charge is 0.257 e. The Hall–Kier alpha value is -3.00. The molecule has 0 fully saturated rings. The van der Waals surface area contributed by atoms with E-state index < -0.39 is 0 Å². The van der Waals surface area contributed by atoms with Crippen LogP contribution in [0.1, 0.15) is 41.5 Å². The van der Waals surface area contributed by atoms with E-state index in [1.807, 2.05) is 55.2 Å². The highest BCUT2D eigenvalue weighted by atomic mass is 32.1. The molecule has 1 atom stereocenters. The van der Waals surface area contributed by atoms with Gasteiger partial charge in [-0.15, -0.1) is 11.3 Å². The van der Waals surface area contributed by atoms with E-state index in [1.165, 1.54) is 0 Å². The first-order valence-corrected chi connectivity index (χ1v) is 9.68. The minimum Gasteiger partial charge on any atom is -0.345 e. The van der Waals surface area contributed by atoms with Crippen molar-refractivity contribution in [3.05, 3.63) is 59.0 Å². The number of hydrogen-bond donors (Lipinski definition) is 1. The van der Waals surface area contributed by atoms with Crippen molar-refractivity contribution in [2.45, 2.75) is 33.4 Å². The Bertz CT molecular complexity index is 1100. The summed E-state index contributed by atoms with van der Waals surface area (Å²) in [6.07, 6.45) is 5.26. The van der Waals surface area contributed by atoms with Crippen LogP contribution in [-0.2, 0) is 6.54 Å². The van der Waals surface area contributed by atoms with Crippen LogP contribution in [0.2, 0.25) is 0 Å². The number of nitrogens with one attached hydrogen (secondary N) is 1. The Kier molecular flexibility index (Phi) is 4.49. The van der Waals surface area contributed by atoms with Crippen LogP contribution >= 0.6 is 11.3 Å². The fourth-order valence-electron chi connectivity index (χ4n) is 3.14. The molecule has 0 aliphatic rings. The number of carbonyl (C=O) groups excluding carboxylic acids is 1. The number of aromatic nitrogens is 5. The number of rotatable bonds is 5. The molecule has 1 unspecified atom stereocenters. The van der Waals surface area contributed by atoms with Gasteiger partial charge in [-0.05, 0) is 38.3 Å². The number of aryl methyl sites for hydroxylation is 2. The van der Waals surface area contributed by atoms with Gasteiger partial charge in [-0.1, -0.05) is 6.07 Å². The summed E-state index contributed by atoms with van der Waals surface area (Å²) in [5, 5.41) is 13.9. The third-order valence-electron chi connectivity index (χ3n) is 4.54. The number of fused-ring (bicyclic) bond motifs is 1. The fourth-order valence-corrected chi connectivity index (χ4v) is 3.87. The Morgan fingerprint density at radius 1 is 1.37 bits per heavy atom. The van der Waals surface area contributed by atoms with E-state index in [-0.39, 0.29) is 11.9 Å². The second-order valence-corrected chi connectivity index (χ2v) is 7.27. The Morgan fingerprint density at radius 3 is 2.93 bits per heavy atom. The number of carbonyl (C=O) groups is 1. The summed E-state index contributed by atoms with van der Waals surface area (Å²) in [7, 11) is 0. The second-order valence-electron chi connectivity index (χ2n) is 6.32. The maximum Gasteiger partial charge on any atom is 0.257 e. The molecule has 4 heterocycles. The molecule has 27 heavy (non-hydrogen) atoms. The second kappa shape index (κ2) is 6.96. The van der Waals surface area contributed by atoms with Gasteiger partial charge in [0.25, 0.3) is 5.91 Å². The predicted molar refractivity (Wildman–Crippen MR) is 105 cm³/mol. The van der Waals surface area contributed by atoms with Crippen molar-refractivity contribution in [2.75, 3.05) is 0 Å². The minimum atomic E-state index is -0.197. The largest absolute Gasteiger partial charge is 0.345 e. The summed E-state index contributed by atoms with van der Waals surface area (Å²) in [5.41, 5.74) is 3.85. The van der Waals surface area contributed by atoms with Gasteiger partial charge >= 0.3 is 0 Å². The molecule has 8 heteroatoms.